The third-order valence-electron chi connectivity index (χ3n) is 5.56. The predicted octanol–water partition coefficient (Wildman–Crippen LogP) is 2.79. The topological polar surface area (TPSA) is 163 Å². The molecule has 4 rings (SSSR count). The van der Waals surface area contributed by atoms with Crippen LogP contribution in [0.2, 0.25) is 0 Å². The van der Waals surface area contributed by atoms with E-state index in [0.717, 1.165) is 0 Å². The van der Waals surface area contributed by atoms with Crippen LogP contribution in [0.5, 0.6) is 5.75 Å². The van der Waals surface area contributed by atoms with Gasteiger partial charge in [0, 0.05) is 6.04 Å². The average molecular weight is 504 g/mol. The Morgan fingerprint density at radius 3 is 2.69 bits per heavy atom. The molecule has 1 aromatic carbocycles. The highest BCUT2D eigenvalue weighted by atomic mass is 31.2. The van der Waals surface area contributed by atoms with Crippen LogP contribution < -0.4 is 20.9 Å². The number of ether oxygens (including phenoxy) is 1. The highest BCUT2D eigenvalue weighted by Crippen LogP contribution is 2.48. The van der Waals surface area contributed by atoms with E-state index in [-0.39, 0.29) is 41.7 Å². The third kappa shape index (κ3) is 5.90. The number of hydrogen-bond donors (Lipinski definition) is 3. The summed E-state index contributed by atoms with van der Waals surface area (Å²) < 4.78 is 32.0. The van der Waals surface area contributed by atoms with Crippen LogP contribution in [0, 0.1) is 5.92 Å². The number of nitrogens with one attached hydrogen (secondary N) is 2. The molecule has 2 aromatic heterocycles. The number of carbonyl (C=O) groups is 1. The quantitative estimate of drug-likeness (QED) is 0.276. The van der Waals surface area contributed by atoms with Crippen LogP contribution in [0.1, 0.15) is 39.7 Å². The van der Waals surface area contributed by atoms with Crippen LogP contribution in [0.4, 0.5) is 5.95 Å². The van der Waals surface area contributed by atoms with Crippen LogP contribution in [-0.2, 0) is 18.6 Å². The monoisotopic (exact) mass is 504 g/mol. The van der Waals surface area contributed by atoms with Crippen LogP contribution in [-0.4, -0.2) is 44.2 Å². The minimum atomic E-state index is -3.90. The van der Waals surface area contributed by atoms with E-state index in [2.05, 4.69) is 20.0 Å². The zero-order chi connectivity index (χ0) is 25.2. The van der Waals surface area contributed by atoms with Crippen molar-refractivity contribution in [2.75, 3.05) is 12.3 Å². The van der Waals surface area contributed by atoms with Gasteiger partial charge in [-0.3, -0.25) is 19.1 Å². The molecule has 2 atom stereocenters. The number of nitrogens with two attached hydrogens (primary N) is 1. The maximum atomic E-state index is 13.5. The smallest absolute Gasteiger partial charge is 0.459 e. The largest absolute Gasteiger partial charge is 0.462 e. The molecule has 0 saturated heterocycles. The zero-order valence-corrected chi connectivity index (χ0v) is 20.6. The number of fused-ring (bicyclic) bond motifs is 1. The van der Waals surface area contributed by atoms with Gasteiger partial charge in [0.2, 0.25) is 5.95 Å². The molecule has 0 amide bonds. The maximum Gasteiger partial charge on any atom is 0.459 e. The maximum absolute atomic E-state index is 13.5. The molecule has 0 radical (unpaired) electrons. The molecule has 12 nitrogen and oxygen atoms in total. The fourth-order valence-corrected chi connectivity index (χ4v) is 5.38. The Balaban J connectivity index is 1.41. The highest BCUT2D eigenvalue weighted by molar-refractivity contribution is 7.52. The Kier molecular flexibility index (Phi) is 7.25. The number of hydrogen-bond acceptors (Lipinski definition) is 9. The van der Waals surface area contributed by atoms with Crippen LogP contribution >= 0.6 is 7.75 Å². The lowest BCUT2D eigenvalue weighted by Gasteiger charge is -2.36. The zero-order valence-electron chi connectivity index (χ0n) is 19.7. The highest BCUT2D eigenvalue weighted by Gasteiger charge is 2.37. The summed E-state index contributed by atoms with van der Waals surface area (Å²) in [7, 11) is -3.90. The van der Waals surface area contributed by atoms with Crippen LogP contribution in [0.25, 0.3) is 11.2 Å². The van der Waals surface area contributed by atoms with Crippen molar-refractivity contribution in [2.45, 2.75) is 51.8 Å². The third-order valence-corrected chi connectivity index (χ3v) is 7.20. The van der Waals surface area contributed by atoms with E-state index < -0.39 is 19.8 Å². The number of carbonyl (C=O) groups excluding carboxylic acids is 1. The number of aromatic nitrogens is 4. The van der Waals surface area contributed by atoms with E-state index in [1.54, 1.807) is 57.4 Å². The number of imidazole rings is 1. The Hall–Kier alpha value is -3.21. The van der Waals surface area contributed by atoms with Crippen molar-refractivity contribution in [2.24, 2.45) is 5.92 Å². The minimum absolute atomic E-state index is 0.0265. The summed E-state index contributed by atoms with van der Waals surface area (Å²) >= 11 is 0. The molecule has 1 unspecified atom stereocenters. The standard InChI is InChI=1S/C22H29N6O6P/c1-13(2)33-21(30)14(3)27-35(31,34-17-7-5-4-6-8-17)32-11-15-9-16(10-15)28-12-24-18-19(28)25-22(23)26-20(18)29/h4-8,12-16H,9-11H2,1-3H3,(H,27,31)(H3,23,25,26,29)/t14-,15-,16+,35?/m0/s1. The molecule has 1 aliphatic rings. The van der Waals surface area contributed by atoms with E-state index in [0.29, 0.717) is 24.2 Å². The number of aromatic amines is 1. The first-order chi connectivity index (χ1) is 16.6. The second kappa shape index (κ2) is 10.2. The van der Waals surface area contributed by atoms with Crippen LogP contribution in [0.15, 0.2) is 41.5 Å². The molecule has 1 saturated carbocycles. The SMILES string of the molecule is CC(C)OC(=O)[C@H](C)NP(=O)(OC[C@H]1C[C@@H](n2cnc3c(=O)[nH]c(N)nc32)C1)Oc1ccccc1. The molecule has 0 spiro atoms. The number of para-hydroxylation sites is 1. The summed E-state index contributed by atoms with van der Waals surface area (Å²) in [5, 5.41) is 2.69. The number of nitrogens with zero attached hydrogens (tertiary/aromatic N) is 3. The van der Waals surface area contributed by atoms with Crippen molar-refractivity contribution in [3.05, 3.63) is 47.0 Å². The van der Waals surface area contributed by atoms with E-state index in [1.807, 2.05) is 4.57 Å². The molecule has 0 aliphatic heterocycles. The number of rotatable bonds is 10. The Morgan fingerprint density at radius 2 is 2.00 bits per heavy atom. The van der Waals surface area contributed by atoms with E-state index in [1.165, 1.54) is 0 Å². The number of esters is 1. The van der Waals surface area contributed by atoms with Crippen molar-refractivity contribution in [3.8, 4) is 5.75 Å². The molecule has 0 bridgehead atoms. The van der Waals surface area contributed by atoms with Gasteiger partial charge in [0.05, 0.1) is 19.0 Å². The summed E-state index contributed by atoms with van der Waals surface area (Å²) in [6, 6.07) is 7.73. The molecule has 1 aliphatic carbocycles. The summed E-state index contributed by atoms with van der Waals surface area (Å²) in [6.07, 6.45) is 2.64. The number of benzene rings is 1. The van der Waals surface area contributed by atoms with Crippen molar-refractivity contribution >= 4 is 30.8 Å². The molecule has 2 heterocycles. The lowest BCUT2D eigenvalue weighted by Crippen LogP contribution is -2.37. The molecule has 13 heteroatoms. The van der Waals surface area contributed by atoms with Gasteiger partial charge in [-0.1, -0.05) is 18.2 Å². The number of nitrogen functional groups attached to an aromatic ring is 1. The van der Waals surface area contributed by atoms with Gasteiger partial charge in [0.25, 0.3) is 5.56 Å². The lowest BCUT2D eigenvalue weighted by molar-refractivity contribution is -0.149. The van der Waals surface area contributed by atoms with Gasteiger partial charge in [-0.2, -0.15) is 10.1 Å². The normalized spacial score (nSPS) is 20.2. The van der Waals surface area contributed by atoms with E-state index in [4.69, 9.17) is 19.5 Å². The second-order valence-corrected chi connectivity index (χ2v) is 10.5. The van der Waals surface area contributed by atoms with Gasteiger partial charge in [-0.25, -0.2) is 9.55 Å². The number of H-pyrrole nitrogens is 1. The van der Waals surface area contributed by atoms with Gasteiger partial charge >= 0.3 is 13.7 Å². The van der Waals surface area contributed by atoms with Gasteiger partial charge < -0.3 is 19.6 Å². The molecular formula is C22H29N6O6P. The Bertz CT molecular complexity index is 1290. The molecule has 188 valence electrons. The molecule has 3 aromatic rings. The fourth-order valence-electron chi connectivity index (χ4n) is 3.81. The van der Waals surface area contributed by atoms with E-state index in [9.17, 15) is 14.2 Å². The Morgan fingerprint density at radius 1 is 1.29 bits per heavy atom. The minimum Gasteiger partial charge on any atom is -0.462 e. The molecular weight excluding hydrogens is 475 g/mol. The summed E-state index contributed by atoms with van der Waals surface area (Å²) in [5.41, 5.74) is 5.94. The first kappa shape index (κ1) is 24.9. The average Bonchev–Trinajstić information content (AvgIpc) is 3.16. The van der Waals surface area contributed by atoms with E-state index >= 15 is 0 Å². The van der Waals surface area contributed by atoms with Crippen LogP contribution in [0.3, 0.4) is 0 Å². The Labute approximate surface area is 201 Å². The van der Waals surface area contributed by atoms with Crippen molar-refractivity contribution in [3.63, 3.8) is 0 Å². The number of anilines is 1. The first-order valence-electron chi connectivity index (χ1n) is 11.3. The molecule has 35 heavy (non-hydrogen) atoms. The summed E-state index contributed by atoms with van der Waals surface area (Å²) in [6.45, 7) is 5.15. The first-order valence-corrected chi connectivity index (χ1v) is 12.9. The summed E-state index contributed by atoms with van der Waals surface area (Å²) in [5.74, 6) is -0.112. The second-order valence-electron chi connectivity index (χ2n) is 8.80. The van der Waals surface area contributed by atoms with Crippen molar-refractivity contribution < 1.29 is 23.1 Å². The van der Waals surface area contributed by atoms with Gasteiger partial charge in [0.1, 0.15) is 11.8 Å². The molecule has 4 N–H and O–H groups in total. The van der Waals surface area contributed by atoms with Gasteiger partial charge in [-0.05, 0) is 51.7 Å². The van der Waals surface area contributed by atoms with Gasteiger partial charge in [0.15, 0.2) is 11.2 Å². The van der Waals surface area contributed by atoms with Crippen molar-refractivity contribution in [1.29, 1.82) is 0 Å². The summed E-state index contributed by atoms with van der Waals surface area (Å²) in [4.78, 5) is 35.0. The molecule has 1 fully saturated rings. The van der Waals surface area contributed by atoms with Crippen molar-refractivity contribution in [1.82, 2.24) is 24.6 Å². The fraction of sp³-hybridized carbons (Fsp3) is 0.455. The predicted molar refractivity (Wildman–Crippen MR) is 129 cm³/mol. The van der Waals surface area contributed by atoms with Gasteiger partial charge in [-0.15, -0.1) is 0 Å². The lowest BCUT2D eigenvalue weighted by atomic mass is 9.81.